The summed E-state index contributed by atoms with van der Waals surface area (Å²) in [4.78, 5) is 21.6. The first-order valence-corrected chi connectivity index (χ1v) is 8.26. The van der Waals surface area contributed by atoms with Gasteiger partial charge in [0.15, 0.2) is 5.13 Å². The topological polar surface area (TPSA) is 54.9 Å². The fourth-order valence-corrected chi connectivity index (χ4v) is 3.17. The Balaban J connectivity index is 1.83. The van der Waals surface area contributed by atoms with E-state index >= 15 is 0 Å². The van der Waals surface area contributed by atoms with Gasteiger partial charge in [-0.15, -0.1) is 11.3 Å². The van der Waals surface area contributed by atoms with Crippen molar-refractivity contribution in [2.24, 2.45) is 0 Å². The predicted molar refractivity (Wildman–Crippen MR) is 94.5 cm³/mol. The first-order chi connectivity index (χ1) is 11.0. The van der Waals surface area contributed by atoms with Crippen LogP contribution in [0.25, 0.3) is 11.3 Å². The van der Waals surface area contributed by atoms with E-state index in [0.717, 1.165) is 16.1 Å². The van der Waals surface area contributed by atoms with Gasteiger partial charge < -0.3 is 0 Å². The summed E-state index contributed by atoms with van der Waals surface area (Å²) in [5.41, 5.74) is 2.15. The lowest BCUT2D eigenvalue weighted by molar-refractivity contribution is 0.102. The third-order valence-electron chi connectivity index (χ3n) is 3.10. The van der Waals surface area contributed by atoms with Crippen LogP contribution < -0.4 is 5.32 Å². The number of hydrogen-bond donors (Lipinski definition) is 1. The van der Waals surface area contributed by atoms with Crippen LogP contribution in [-0.2, 0) is 0 Å². The van der Waals surface area contributed by atoms with Crippen LogP contribution in [0.5, 0.6) is 0 Å². The molecule has 0 aliphatic heterocycles. The number of halogens is 2. The van der Waals surface area contributed by atoms with Gasteiger partial charge >= 0.3 is 0 Å². The van der Waals surface area contributed by atoms with E-state index in [1.165, 1.54) is 17.5 Å². The number of pyridine rings is 1. The third-order valence-corrected chi connectivity index (χ3v) is 4.45. The lowest BCUT2D eigenvalue weighted by Crippen LogP contribution is -2.11. The molecule has 0 spiro atoms. The van der Waals surface area contributed by atoms with E-state index in [1.807, 2.05) is 31.2 Å². The summed E-state index contributed by atoms with van der Waals surface area (Å²) >= 11 is 13.1. The maximum Gasteiger partial charge on any atom is 0.259 e. The molecule has 0 bridgehead atoms. The van der Waals surface area contributed by atoms with E-state index in [2.05, 4.69) is 15.3 Å². The van der Waals surface area contributed by atoms with Crippen molar-refractivity contribution in [2.75, 3.05) is 5.32 Å². The molecule has 0 unspecified atom stereocenters. The molecule has 0 aliphatic rings. The van der Waals surface area contributed by atoms with Gasteiger partial charge in [-0.25, -0.2) is 9.97 Å². The summed E-state index contributed by atoms with van der Waals surface area (Å²) in [5.74, 6) is -0.277. The average Bonchev–Trinajstić information content (AvgIpc) is 2.88. The molecule has 1 aromatic carbocycles. The molecular formula is C16H11Cl2N3OS. The van der Waals surface area contributed by atoms with Crippen molar-refractivity contribution < 1.29 is 4.79 Å². The fraction of sp³-hybridized carbons (Fsp3) is 0.0625. The number of nitrogens with zero attached hydrogens (tertiary/aromatic N) is 2. The number of thiazole rings is 1. The highest BCUT2D eigenvalue weighted by atomic mass is 35.5. The Kier molecular flexibility index (Phi) is 4.61. The van der Waals surface area contributed by atoms with E-state index in [4.69, 9.17) is 23.2 Å². The van der Waals surface area contributed by atoms with Crippen LogP contribution in [-0.4, -0.2) is 15.9 Å². The molecule has 0 atom stereocenters. The van der Waals surface area contributed by atoms with Gasteiger partial charge in [0, 0.05) is 21.7 Å². The first-order valence-electron chi connectivity index (χ1n) is 6.69. The Labute approximate surface area is 147 Å². The molecule has 0 aliphatic carbocycles. The smallest absolute Gasteiger partial charge is 0.259 e. The van der Waals surface area contributed by atoms with Crippen molar-refractivity contribution in [3.05, 3.63) is 63.2 Å². The van der Waals surface area contributed by atoms with Crippen molar-refractivity contribution in [1.29, 1.82) is 0 Å². The number of carbonyl (C=O) groups excluding carboxylic acids is 1. The zero-order valence-electron chi connectivity index (χ0n) is 12.0. The van der Waals surface area contributed by atoms with Crippen LogP contribution in [0.4, 0.5) is 5.13 Å². The molecular weight excluding hydrogens is 353 g/mol. The zero-order valence-corrected chi connectivity index (χ0v) is 14.3. The van der Waals surface area contributed by atoms with Crippen LogP contribution in [0, 0.1) is 6.92 Å². The maximum absolute atomic E-state index is 12.2. The van der Waals surface area contributed by atoms with Crippen LogP contribution in [0.2, 0.25) is 10.2 Å². The van der Waals surface area contributed by atoms with Gasteiger partial charge in [-0.3, -0.25) is 10.1 Å². The molecule has 7 heteroatoms. The minimum absolute atomic E-state index is 0.277. The normalized spacial score (nSPS) is 10.6. The van der Waals surface area contributed by atoms with Crippen LogP contribution in [0.1, 0.15) is 15.2 Å². The van der Waals surface area contributed by atoms with Gasteiger partial charge in [0.2, 0.25) is 0 Å². The molecule has 1 amide bonds. The first kappa shape index (κ1) is 15.9. The standard InChI is InChI=1S/C16H11Cl2N3OS/c1-9-14(10-3-2-4-12(17)7-10)20-16(23-9)21-15(22)11-5-6-13(18)19-8-11/h2-8H,1H3,(H,20,21,22). The summed E-state index contributed by atoms with van der Waals surface area (Å²) in [5, 5.41) is 4.29. The van der Waals surface area contributed by atoms with Gasteiger partial charge in [-0.2, -0.15) is 0 Å². The number of hydrogen-bond acceptors (Lipinski definition) is 4. The molecule has 0 saturated heterocycles. The number of rotatable bonds is 3. The number of amides is 1. The molecule has 0 saturated carbocycles. The molecule has 4 nitrogen and oxygen atoms in total. The van der Waals surface area contributed by atoms with Crippen LogP contribution in [0.15, 0.2) is 42.6 Å². The fourth-order valence-electron chi connectivity index (χ4n) is 2.03. The number of aryl methyl sites for hydroxylation is 1. The van der Waals surface area contributed by atoms with E-state index in [0.29, 0.717) is 20.9 Å². The van der Waals surface area contributed by atoms with Gasteiger partial charge in [0.1, 0.15) is 5.15 Å². The molecule has 116 valence electrons. The van der Waals surface area contributed by atoms with Crippen molar-refractivity contribution in [1.82, 2.24) is 9.97 Å². The van der Waals surface area contributed by atoms with Gasteiger partial charge in [-0.1, -0.05) is 35.3 Å². The Morgan fingerprint density at radius 1 is 1.22 bits per heavy atom. The predicted octanol–water partition coefficient (Wildman–Crippen LogP) is 5.07. The summed E-state index contributed by atoms with van der Waals surface area (Å²) in [7, 11) is 0. The molecule has 1 N–H and O–H groups in total. The lowest BCUT2D eigenvalue weighted by Gasteiger charge is -2.01. The average molecular weight is 364 g/mol. The molecule has 0 radical (unpaired) electrons. The number of benzene rings is 1. The second-order valence-electron chi connectivity index (χ2n) is 4.76. The Bertz CT molecular complexity index is 862. The molecule has 3 rings (SSSR count). The summed E-state index contributed by atoms with van der Waals surface area (Å²) in [6, 6.07) is 10.6. The second-order valence-corrected chi connectivity index (χ2v) is 6.78. The quantitative estimate of drug-likeness (QED) is 0.660. The maximum atomic E-state index is 12.2. The van der Waals surface area contributed by atoms with Gasteiger partial charge in [-0.05, 0) is 31.2 Å². The highest BCUT2D eigenvalue weighted by molar-refractivity contribution is 7.16. The van der Waals surface area contributed by atoms with Crippen LogP contribution in [0.3, 0.4) is 0 Å². The van der Waals surface area contributed by atoms with Crippen molar-refractivity contribution in [3.8, 4) is 11.3 Å². The number of carbonyl (C=O) groups is 1. The monoisotopic (exact) mass is 363 g/mol. The highest BCUT2D eigenvalue weighted by Gasteiger charge is 2.13. The van der Waals surface area contributed by atoms with Gasteiger partial charge in [0.05, 0.1) is 11.3 Å². The highest BCUT2D eigenvalue weighted by Crippen LogP contribution is 2.31. The summed E-state index contributed by atoms with van der Waals surface area (Å²) in [6.45, 7) is 1.95. The minimum atomic E-state index is -0.277. The lowest BCUT2D eigenvalue weighted by atomic mass is 10.1. The number of nitrogens with one attached hydrogen (secondary N) is 1. The number of aromatic nitrogens is 2. The molecule has 2 heterocycles. The van der Waals surface area contributed by atoms with Crippen molar-refractivity contribution in [3.63, 3.8) is 0 Å². The van der Waals surface area contributed by atoms with Gasteiger partial charge in [0.25, 0.3) is 5.91 Å². The van der Waals surface area contributed by atoms with E-state index in [1.54, 1.807) is 12.1 Å². The van der Waals surface area contributed by atoms with Crippen molar-refractivity contribution in [2.45, 2.75) is 6.92 Å². The molecule has 3 aromatic rings. The largest absolute Gasteiger partial charge is 0.298 e. The molecule has 0 fully saturated rings. The number of anilines is 1. The Morgan fingerprint density at radius 2 is 2.04 bits per heavy atom. The Morgan fingerprint density at radius 3 is 2.74 bits per heavy atom. The van der Waals surface area contributed by atoms with E-state index in [9.17, 15) is 4.79 Å². The Hall–Kier alpha value is -1.95. The summed E-state index contributed by atoms with van der Waals surface area (Å²) in [6.07, 6.45) is 1.43. The second kappa shape index (κ2) is 6.66. The summed E-state index contributed by atoms with van der Waals surface area (Å²) < 4.78 is 0. The minimum Gasteiger partial charge on any atom is -0.298 e. The van der Waals surface area contributed by atoms with E-state index < -0.39 is 0 Å². The SMILES string of the molecule is Cc1sc(NC(=O)c2ccc(Cl)nc2)nc1-c1cccc(Cl)c1. The molecule has 2 aromatic heterocycles. The molecule has 23 heavy (non-hydrogen) atoms. The van der Waals surface area contributed by atoms with E-state index in [-0.39, 0.29) is 5.91 Å². The van der Waals surface area contributed by atoms with Crippen molar-refractivity contribution >= 4 is 45.6 Å². The third kappa shape index (κ3) is 3.69. The zero-order chi connectivity index (χ0) is 16.4. The van der Waals surface area contributed by atoms with Crippen LogP contribution >= 0.6 is 34.5 Å².